The Bertz CT molecular complexity index is 1380. The SMILES string of the molecule is COCCn1cccc1[C@@H]1[C@H](c2ccccn2)NC(=S)N1c1ccc(Sc2ccc([N+](=O)[O-])cc2)cc1. The van der Waals surface area contributed by atoms with Crippen molar-refractivity contribution in [2.24, 2.45) is 0 Å². The fourth-order valence-corrected chi connectivity index (χ4v) is 5.63. The van der Waals surface area contributed by atoms with Crippen molar-refractivity contribution in [3.63, 3.8) is 0 Å². The minimum atomic E-state index is -0.392. The van der Waals surface area contributed by atoms with Crippen LogP contribution in [-0.2, 0) is 11.3 Å². The number of anilines is 1. The van der Waals surface area contributed by atoms with Crippen molar-refractivity contribution < 1.29 is 9.66 Å². The summed E-state index contributed by atoms with van der Waals surface area (Å²) in [4.78, 5) is 19.3. The molecule has 10 heteroatoms. The average Bonchev–Trinajstić information content (AvgIpc) is 3.52. The molecule has 1 N–H and O–H groups in total. The molecule has 3 heterocycles. The van der Waals surface area contributed by atoms with E-state index in [4.69, 9.17) is 17.0 Å². The molecule has 4 aromatic rings. The third-order valence-electron chi connectivity index (χ3n) is 6.20. The topological polar surface area (TPSA) is 85.5 Å². The normalized spacial score (nSPS) is 17.1. The number of pyridine rings is 1. The van der Waals surface area contributed by atoms with E-state index in [1.54, 1.807) is 37.2 Å². The molecule has 5 rings (SSSR count). The lowest BCUT2D eigenvalue weighted by molar-refractivity contribution is -0.384. The second-order valence-electron chi connectivity index (χ2n) is 8.46. The summed E-state index contributed by atoms with van der Waals surface area (Å²) >= 11 is 7.40. The average molecular weight is 532 g/mol. The molecule has 2 atom stereocenters. The van der Waals surface area contributed by atoms with Crippen LogP contribution in [0.2, 0.25) is 0 Å². The maximum Gasteiger partial charge on any atom is 0.269 e. The Morgan fingerprint density at radius 3 is 2.43 bits per heavy atom. The first-order valence-corrected chi connectivity index (χ1v) is 12.9. The summed E-state index contributed by atoms with van der Waals surface area (Å²) in [5.41, 5.74) is 3.08. The molecule has 0 spiro atoms. The molecular weight excluding hydrogens is 506 g/mol. The number of rotatable bonds is 9. The lowest BCUT2D eigenvalue weighted by Crippen LogP contribution is -2.30. The van der Waals surface area contributed by atoms with E-state index >= 15 is 0 Å². The van der Waals surface area contributed by atoms with E-state index < -0.39 is 4.92 Å². The van der Waals surface area contributed by atoms with Gasteiger partial charge in [0.1, 0.15) is 6.04 Å². The molecule has 37 heavy (non-hydrogen) atoms. The summed E-state index contributed by atoms with van der Waals surface area (Å²) in [5, 5.41) is 15.1. The summed E-state index contributed by atoms with van der Waals surface area (Å²) in [6, 6.07) is 24.6. The fraction of sp³-hybridized carbons (Fsp3) is 0.185. The summed E-state index contributed by atoms with van der Waals surface area (Å²) in [6.45, 7) is 1.34. The van der Waals surface area contributed by atoms with Gasteiger partial charge in [0.15, 0.2) is 5.11 Å². The molecule has 0 amide bonds. The third-order valence-corrected chi connectivity index (χ3v) is 7.53. The second kappa shape index (κ2) is 11.1. The fourth-order valence-electron chi connectivity index (χ4n) is 4.47. The summed E-state index contributed by atoms with van der Waals surface area (Å²) in [6.07, 6.45) is 3.86. The molecule has 2 aromatic carbocycles. The van der Waals surface area contributed by atoms with Crippen molar-refractivity contribution >= 4 is 40.5 Å². The number of benzene rings is 2. The van der Waals surface area contributed by atoms with Crippen LogP contribution in [0.4, 0.5) is 11.4 Å². The lowest BCUT2D eigenvalue weighted by Gasteiger charge is -2.29. The monoisotopic (exact) mass is 531 g/mol. The van der Waals surface area contributed by atoms with Crippen molar-refractivity contribution in [3.8, 4) is 0 Å². The van der Waals surface area contributed by atoms with Gasteiger partial charge in [-0.15, -0.1) is 0 Å². The van der Waals surface area contributed by atoms with Gasteiger partial charge < -0.3 is 19.5 Å². The molecule has 0 aliphatic carbocycles. The number of nitro benzene ring substituents is 1. The van der Waals surface area contributed by atoms with Gasteiger partial charge in [0.05, 0.1) is 23.3 Å². The second-order valence-corrected chi connectivity index (χ2v) is 10.00. The zero-order valence-corrected chi connectivity index (χ0v) is 21.7. The summed E-state index contributed by atoms with van der Waals surface area (Å²) in [5.74, 6) is 0. The van der Waals surface area contributed by atoms with Crippen LogP contribution in [0.1, 0.15) is 23.5 Å². The van der Waals surface area contributed by atoms with E-state index in [9.17, 15) is 10.1 Å². The predicted octanol–water partition coefficient (Wildman–Crippen LogP) is 5.77. The number of nitrogens with zero attached hydrogens (tertiary/aromatic N) is 4. The highest BCUT2D eigenvalue weighted by atomic mass is 32.2. The molecule has 0 radical (unpaired) electrons. The summed E-state index contributed by atoms with van der Waals surface area (Å²) < 4.78 is 7.53. The zero-order valence-electron chi connectivity index (χ0n) is 20.1. The van der Waals surface area contributed by atoms with Crippen molar-refractivity contribution in [2.45, 2.75) is 28.4 Å². The van der Waals surface area contributed by atoms with Crippen LogP contribution < -0.4 is 10.2 Å². The maximum atomic E-state index is 10.9. The number of non-ortho nitro benzene ring substituents is 1. The first kappa shape index (κ1) is 24.9. The van der Waals surface area contributed by atoms with E-state index in [2.05, 4.69) is 44.2 Å². The number of hydrogen-bond donors (Lipinski definition) is 1. The van der Waals surface area contributed by atoms with Crippen molar-refractivity contribution in [3.05, 3.63) is 113 Å². The van der Waals surface area contributed by atoms with Gasteiger partial charge in [0, 0.05) is 59.4 Å². The van der Waals surface area contributed by atoms with Crippen molar-refractivity contribution in [2.75, 3.05) is 18.6 Å². The zero-order chi connectivity index (χ0) is 25.8. The molecule has 0 bridgehead atoms. The van der Waals surface area contributed by atoms with Gasteiger partial charge >= 0.3 is 0 Å². The van der Waals surface area contributed by atoms with Gasteiger partial charge in [0.2, 0.25) is 0 Å². The Hall–Kier alpha value is -3.73. The number of thiocarbonyl (C=S) groups is 1. The Morgan fingerprint density at radius 2 is 1.78 bits per heavy atom. The maximum absolute atomic E-state index is 10.9. The molecule has 1 saturated heterocycles. The third kappa shape index (κ3) is 5.36. The number of aromatic nitrogens is 2. The molecule has 2 aromatic heterocycles. The van der Waals surface area contributed by atoms with Gasteiger partial charge in [0.25, 0.3) is 5.69 Å². The number of nitro groups is 1. The minimum absolute atomic E-state index is 0.0819. The predicted molar refractivity (Wildman–Crippen MR) is 148 cm³/mol. The molecular formula is C27H25N5O3S2. The number of hydrogen-bond acceptors (Lipinski definition) is 6. The minimum Gasteiger partial charge on any atom is -0.383 e. The Kier molecular flexibility index (Phi) is 7.50. The molecule has 1 fully saturated rings. The number of ether oxygens (including phenoxy) is 1. The molecule has 188 valence electrons. The quantitative estimate of drug-likeness (QED) is 0.166. The van der Waals surface area contributed by atoms with E-state index in [1.165, 1.54) is 12.1 Å². The smallest absolute Gasteiger partial charge is 0.269 e. The van der Waals surface area contributed by atoms with Crippen molar-refractivity contribution in [1.82, 2.24) is 14.9 Å². The van der Waals surface area contributed by atoms with Gasteiger partial charge in [-0.3, -0.25) is 15.1 Å². The highest BCUT2D eigenvalue weighted by molar-refractivity contribution is 7.99. The first-order valence-electron chi connectivity index (χ1n) is 11.7. The van der Waals surface area contributed by atoms with Gasteiger partial charge in [-0.2, -0.15) is 0 Å². The standard InChI is InChI=1S/C27H25N5O3S2/c1-35-18-17-30-16-4-6-24(30)26-25(23-5-2-3-15-28-23)29-27(36)31(26)19-7-11-21(12-8-19)37-22-13-9-20(10-14-22)32(33)34/h2-16,25-26H,17-18H2,1H3,(H,29,36)/t25-,26+/m0/s1. The Labute approximate surface area is 224 Å². The molecule has 1 aliphatic heterocycles. The number of methoxy groups -OCH3 is 1. The highest BCUT2D eigenvalue weighted by Gasteiger charge is 2.41. The Morgan fingerprint density at radius 1 is 1.05 bits per heavy atom. The number of nitrogens with one attached hydrogen (secondary N) is 1. The van der Waals surface area contributed by atoms with Crippen LogP contribution in [-0.4, -0.2) is 33.3 Å². The van der Waals surface area contributed by atoms with Crippen LogP contribution in [0, 0.1) is 10.1 Å². The molecule has 8 nitrogen and oxygen atoms in total. The van der Waals surface area contributed by atoms with Crippen LogP contribution in [0.15, 0.2) is 101 Å². The van der Waals surface area contributed by atoms with Gasteiger partial charge in [-0.05, 0) is 72.9 Å². The van der Waals surface area contributed by atoms with Crippen LogP contribution >= 0.6 is 24.0 Å². The van der Waals surface area contributed by atoms with E-state index in [0.29, 0.717) is 11.7 Å². The summed E-state index contributed by atoms with van der Waals surface area (Å²) in [7, 11) is 1.70. The van der Waals surface area contributed by atoms with Crippen molar-refractivity contribution in [1.29, 1.82) is 0 Å². The first-order chi connectivity index (χ1) is 18.0. The van der Waals surface area contributed by atoms with Crippen LogP contribution in [0.5, 0.6) is 0 Å². The molecule has 0 unspecified atom stereocenters. The van der Waals surface area contributed by atoms with E-state index in [1.807, 2.05) is 36.4 Å². The van der Waals surface area contributed by atoms with E-state index in [0.717, 1.165) is 33.4 Å². The van der Waals surface area contributed by atoms with Crippen LogP contribution in [0.25, 0.3) is 0 Å². The van der Waals surface area contributed by atoms with Crippen LogP contribution in [0.3, 0.4) is 0 Å². The lowest BCUT2D eigenvalue weighted by atomic mass is 10.0. The molecule has 1 aliphatic rings. The molecule has 0 saturated carbocycles. The van der Waals surface area contributed by atoms with Gasteiger partial charge in [-0.25, -0.2) is 0 Å². The largest absolute Gasteiger partial charge is 0.383 e. The van der Waals surface area contributed by atoms with E-state index in [-0.39, 0.29) is 17.8 Å². The Balaban J connectivity index is 1.45. The van der Waals surface area contributed by atoms with Gasteiger partial charge in [-0.1, -0.05) is 17.8 Å². The highest BCUT2D eigenvalue weighted by Crippen LogP contribution is 2.42.